The first-order chi connectivity index (χ1) is 16.5. The molecule has 2 bridgehead atoms. The molecule has 3 aliphatic heterocycles. The number of aromatic nitrogens is 6. The average Bonchev–Trinajstić information content (AvgIpc) is 3.18. The third-order valence-corrected chi connectivity index (χ3v) is 6.65. The minimum atomic E-state index is -0.460. The van der Waals surface area contributed by atoms with Crippen LogP contribution in [0, 0.1) is 31.4 Å². The van der Waals surface area contributed by atoms with Crippen molar-refractivity contribution in [1.29, 1.82) is 0 Å². The summed E-state index contributed by atoms with van der Waals surface area (Å²) in [5.41, 5.74) is 4.54. The Hall–Kier alpha value is -3.75. The SMILES string of the molecule is Cc1nc(C)c2nc(-c3cncc(F)c3)n(Cc3cnc(C4=CN5CCC4CC5)c(F)c3)c2n1. The van der Waals surface area contributed by atoms with Gasteiger partial charge in [-0.15, -0.1) is 0 Å². The van der Waals surface area contributed by atoms with Crippen LogP contribution in [0.15, 0.2) is 36.9 Å². The van der Waals surface area contributed by atoms with Gasteiger partial charge in [0.2, 0.25) is 0 Å². The van der Waals surface area contributed by atoms with Crippen LogP contribution in [-0.2, 0) is 6.54 Å². The van der Waals surface area contributed by atoms with E-state index in [0.29, 0.717) is 45.6 Å². The van der Waals surface area contributed by atoms with Crippen LogP contribution in [0.3, 0.4) is 0 Å². The van der Waals surface area contributed by atoms with Gasteiger partial charge in [-0.25, -0.2) is 23.7 Å². The summed E-state index contributed by atoms with van der Waals surface area (Å²) in [5.74, 6) is 0.666. The van der Waals surface area contributed by atoms with Crippen LogP contribution in [0.5, 0.6) is 0 Å². The van der Waals surface area contributed by atoms with E-state index >= 15 is 4.39 Å². The van der Waals surface area contributed by atoms with Crippen molar-refractivity contribution in [2.24, 2.45) is 5.92 Å². The molecular formula is C25H23F2N7. The smallest absolute Gasteiger partial charge is 0.164 e. The number of fused-ring (bicyclic) bond motifs is 3. The van der Waals surface area contributed by atoms with Crippen LogP contribution in [0.2, 0.25) is 0 Å². The summed E-state index contributed by atoms with van der Waals surface area (Å²) in [6, 6.07) is 2.91. The number of piperidine rings is 1. The van der Waals surface area contributed by atoms with Gasteiger partial charge < -0.3 is 9.47 Å². The molecule has 9 heteroatoms. The molecule has 1 fully saturated rings. The number of hydrogen-bond donors (Lipinski definition) is 0. The van der Waals surface area contributed by atoms with Crippen LogP contribution in [0.1, 0.15) is 35.6 Å². The van der Waals surface area contributed by atoms with Crippen LogP contribution >= 0.6 is 0 Å². The zero-order valence-corrected chi connectivity index (χ0v) is 19.0. The fourth-order valence-electron chi connectivity index (χ4n) is 5.03. The number of aryl methyl sites for hydroxylation is 2. The monoisotopic (exact) mass is 459 g/mol. The van der Waals surface area contributed by atoms with Crippen LogP contribution in [0.4, 0.5) is 8.78 Å². The maximum Gasteiger partial charge on any atom is 0.164 e. The molecule has 172 valence electrons. The highest BCUT2D eigenvalue weighted by Gasteiger charge is 2.30. The Morgan fingerprint density at radius 3 is 2.53 bits per heavy atom. The molecular weight excluding hydrogens is 436 g/mol. The van der Waals surface area contributed by atoms with E-state index in [4.69, 9.17) is 4.98 Å². The van der Waals surface area contributed by atoms with E-state index in [1.54, 1.807) is 12.4 Å². The number of nitrogens with zero attached hydrogens (tertiary/aromatic N) is 7. The maximum absolute atomic E-state index is 15.3. The van der Waals surface area contributed by atoms with E-state index < -0.39 is 5.82 Å². The molecule has 0 radical (unpaired) electrons. The van der Waals surface area contributed by atoms with Gasteiger partial charge in [-0.2, -0.15) is 0 Å². The highest BCUT2D eigenvalue weighted by molar-refractivity contribution is 5.79. The molecule has 7 rings (SSSR count). The summed E-state index contributed by atoms with van der Waals surface area (Å²) >= 11 is 0. The lowest BCUT2D eigenvalue weighted by Crippen LogP contribution is -2.35. The molecule has 3 aliphatic rings. The van der Waals surface area contributed by atoms with Gasteiger partial charge in [0.05, 0.1) is 18.4 Å². The highest BCUT2D eigenvalue weighted by Crippen LogP contribution is 2.37. The Bertz CT molecular complexity index is 1450. The minimum Gasteiger partial charge on any atom is -0.377 e. The summed E-state index contributed by atoms with van der Waals surface area (Å²) in [6.07, 6.45) is 8.55. The number of imidazole rings is 1. The zero-order chi connectivity index (χ0) is 23.4. The fourth-order valence-corrected chi connectivity index (χ4v) is 5.03. The molecule has 7 nitrogen and oxygen atoms in total. The maximum atomic E-state index is 15.3. The van der Waals surface area contributed by atoms with Crippen molar-refractivity contribution in [2.75, 3.05) is 13.1 Å². The number of allylic oxidation sites excluding steroid dienone is 1. The second-order valence-corrected chi connectivity index (χ2v) is 9.01. The van der Waals surface area contributed by atoms with Crippen LogP contribution < -0.4 is 0 Å². The van der Waals surface area contributed by atoms with Crippen molar-refractivity contribution < 1.29 is 8.78 Å². The summed E-state index contributed by atoms with van der Waals surface area (Å²) in [5, 5.41) is 0. The van der Waals surface area contributed by atoms with E-state index in [2.05, 4.69) is 31.0 Å². The molecule has 1 saturated heterocycles. The van der Waals surface area contributed by atoms with Gasteiger partial charge >= 0.3 is 0 Å². The second-order valence-electron chi connectivity index (χ2n) is 9.01. The van der Waals surface area contributed by atoms with Gasteiger partial charge in [-0.05, 0) is 55.9 Å². The summed E-state index contributed by atoms with van der Waals surface area (Å²) in [7, 11) is 0. The molecule has 4 aromatic heterocycles. The van der Waals surface area contributed by atoms with Crippen molar-refractivity contribution in [1.82, 2.24) is 34.4 Å². The largest absolute Gasteiger partial charge is 0.377 e. The highest BCUT2D eigenvalue weighted by atomic mass is 19.1. The summed E-state index contributed by atoms with van der Waals surface area (Å²) in [4.78, 5) is 24.4. The predicted molar refractivity (Wildman–Crippen MR) is 124 cm³/mol. The topological polar surface area (TPSA) is 72.6 Å². The number of pyridine rings is 2. The van der Waals surface area contributed by atoms with Crippen molar-refractivity contribution in [3.8, 4) is 11.4 Å². The lowest BCUT2D eigenvalue weighted by atomic mass is 9.84. The van der Waals surface area contributed by atoms with Crippen LogP contribution in [-0.4, -0.2) is 47.5 Å². The van der Waals surface area contributed by atoms with Gasteiger partial charge in [0.25, 0.3) is 0 Å². The number of hydrogen-bond acceptors (Lipinski definition) is 6. The summed E-state index contributed by atoms with van der Waals surface area (Å²) < 4.78 is 31.1. The Morgan fingerprint density at radius 2 is 1.82 bits per heavy atom. The zero-order valence-electron chi connectivity index (χ0n) is 19.0. The van der Waals surface area contributed by atoms with Gasteiger partial charge in [-0.3, -0.25) is 9.97 Å². The Labute approximate surface area is 195 Å². The van der Waals surface area contributed by atoms with Crippen molar-refractivity contribution in [3.63, 3.8) is 0 Å². The Morgan fingerprint density at radius 1 is 1.00 bits per heavy atom. The van der Waals surface area contributed by atoms with E-state index in [9.17, 15) is 4.39 Å². The van der Waals surface area contributed by atoms with Gasteiger partial charge in [0.1, 0.15) is 34.5 Å². The molecule has 0 spiro atoms. The van der Waals surface area contributed by atoms with Crippen molar-refractivity contribution in [2.45, 2.75) is 33.2 Å². The molecule has 0 aliphatic carbocycles. The second kappa shape index (κ2) is 7.93. The first kappa shape index (κ1) is 20.8. The Kier molecular flexibility index (Phi) is 4.86. The van der Waals surface area contributed by atoms with Crippen LogP contribution in [0.25, 0.3) is 28.1 Å². The molecule has 0 atom stereocenters. The predicted octanol–water partition coefficient (Wildman–Crippen LogP) is 4.29. The van der Waals surface area contributed by atoms with E-state index in [-0.39, 0.29) is 12.4 Å². The molecule has 34 heavy (non-hydrogen) atoms. The fraction of sp³-hybridized carbons (Fsp3) is 0.320. The number of halogens is 2. The molecule has 0 amide bonds. The molecule has 0 aromatic carbocycles. The van der Waals surface area contributed by atoms with Crippen molar-refractivity contribution >= 4 is 16.7 Å². The average molecular weight is 460 g/mol. The first-order valence-corrected chi connectivity index (χ1v) is 11.4. The van der Waals surface area contributed by atoms with Gasteiger partial charge in [0.15, 0.2) is 5.65 Å². The van der Waals surface area contributed by atoms with E-state index in [1.807, 2.05) is 18.4 Å². The first-order valence-electron chi connectivity index (χ1n) is 11.4. The number of rotatable bonds is 4. The van der Waals surface area contributed by atoms with E-state index in [0.717, 1.165) is 43.4 Å². The van der Waals surface area contributed by atoms with Gasteiger partial charge in [0, 0.05) is 37.2 Å². The quantitative estimate of drug-likeness (QED) is 0.453. The van der Waals surface area contributed by atoms with E-state index in [1.165, 1.54) is 12.1 Å². The van der Waals surface area contributed by atoms with Crippen molar-refractivity contribution in [3.05, 3.63) is 71.3 Å². The molecule has 0 N–H and O–H groups in total. The lowest BCUT2D eigenvalue weighted by molar-refractivity contribution is 0.251. The molecule has 0 unspecified atom stereocenters. The molecule has 7 heterocycles. The van der Waals surface area contributed by atoms with Gasteiger partial charge in [-0.1, -0.05) is 0 Å². The molecule has 4 aromatic rings. The third-order valence-electron chi connectivity index (χ3n) is 6.65. The third kappa shape index (κ3) is 3.52. The standard InChI is InChI=1S/C25H23F2N7/c1-14-22-25(31-15(2)30-14)34(24(32-22)18-8-19(26)11-28-10-18)12-16-7-21(27)23(29-9-16)20-13-33-5-3-17(20)4-6-33/h7-11,13,17H,3-6,12H2,1-2H3. The lowest BCUT2D eigenvalue weighted by Gasteiger charge is -2.38. The molecule has 0 saturated carbocycles. The minimum absolute atomic E-state index is 0.275. The Balaban J connectivity index is 1.43. The normalized spacial score (nSPS) is 15.9. The summed E-state index contributed by atoms with van der Waals surface area (Å²) in [6.45, 7) is 6.00.